The molecule has 0 saturated carbocycles. The van der Waals surface area contributed by atoms with E-state index in [0.717, 1.165) is 24.6 Å². The molecule has 2 aromatic rings. The summed E-state index contributed by atoms with van der Waals surface area (Å²) in [7, 11) is 0. The van der Waals surface area contributed by atoms with Gasteiger partial charge < -0.3 is 4.74 Å². The van der Waals surface area contributed by atoms with Crippen molar-refractivity contribution < 1.29 is 9.13 Å². The minimum atomic E-state index is -0.608. The highest BCUT2D eigenvalue weighted by atomic mass is 35.5. The van der Waals surface area contributed by atoms with Crippen molar-refractivity contribution in [2.75, 3.05) is 6.61 Å². The van der Waals surface area contributed by atoms with Crippen molar-refractivity contribution in [1.82, 2.24) is 15.0 Å². The van der Waals surface area contributed by atoms with Crippen LogP contribution in [0.4, 0.5) is 4.39 Å². The summed E-state index contributed by atoms with van der Waals surface area (Å²) >= 11 is 5.55. The molecule has 4 nitrogen and oxygen atoms in total. The zero-order chi connectivity index (χ0) is 12.8. The van der Waals surface area contributed by atoms with Gasteiger partial charge in [-0.15, -0.1) is 0 Å². The Balaban J connectivity index is 1.80. The number of hydrogen-bond acceptors (Lipinski definition) is 4. The first-order valence-corrected chi connectivity index (χ1v) is 5.83. The van der Waals surface area contributed by atoms with Crippen molar-refractivity contribution in [3.63, 3.8) is 0 Å². The Morgan fingerprint density at radius 2 is 2.06 bits per heavy atom. The first-order valence-electron chi connectivity index (χ1n) is 5.45. The van der Waals surface area contributed by atoms with Crippen LogP contribution in [0, 0.1) is 5.82 Å². The number of pyridine rings is 1. The first kappa shape index (κ1) is 12.7. The fourth-order valence-electron chi connectivity index (χ4n) is 1.43. The fraction of sp³-hybridized carbons (Fsp3) is 0.250. The maximum absolute atomic E-state index is 13.2. The molecule has 0 atom stereocenters. The summed E-state index contributed by atoms with van der Waals surface area (Å²) < 4.78 is 18.4. The Morgan fingerprint density at radius 3 is 2.83 bits per heavy atom. The molecule has 0 radical (unpaired) electrons. The second-order valence-corrected chi connectivity index (χ2v) is 3.94. The van der Waals surface area contributed by atoms with E-state index in [1.54, 1.807) is 12.4 Å². The Morgan fingerprint density at radius 1 is 1.28 bits per heavy atom. The largest absolute Gasteiger partial charge is 0.475 e. The first-order chi connectivity index (χ1) is 8.75. The van der Waals surface area contributed by atoms with Gasteiger partial charge in [0.05, 0.1) is 12.8 Å². The highest BCUT2D eigenvalue weighted by molar-refractivity contribution is 6.28. The minimum Gasteiger partial charge on any atom is -0.475 e. The maximum Gasteiger partial charge on any atom is 0.254 e. The van der Waals surface area contributed by atoms with Crippen LogP contribution in [-0.4, -0.2) is 21.6 Å². The molecule has 2 heterocycles. The van der Waals surface area contributed by atoms with Gasteiger partial charge in [0.2, 0.25) is 11.1 Å². The highest BCUT2D eigenvalue weighted by Crippen LogP contribution is 2.14. The molecule has 2 aromatic heterocycles. The van der Waals surface area contributed by atoms with Gasteiger partial charge in [0.15, 0.2) is 0 Å². The third-order valence-corrected chi connectivity index (χ3v) is 2.46. The molecule has 6 heteroatoms. The average molecular weight is 268 g/mol. The van der Waals surface area contributed by atoms with Crippen molar-refractivity contribution in [1.29, 1.82) is 0 Å². The number of aryl methyl sites for hydroxylation is 1. The molecule has 0 saturated heterocycles. The molecule has 0 spiro atoms. The predicted molar refractivity (Wildman–Crippen MR) is 65.1 cm³/mol. The molecular weight excluding hydrogens is 257 g/mol. The molecule has 18 heavy (non-hydrogen) atoms. The van der Waals surface area contributed by atoms with Crippen LogP contribution in [0.2, 0.25) is 5.28 Å². The van der Waals surface area contributed by atoms with Crippen LogP contribution in [0.25, 0.3) is 0 Å². The molecule has 0 aromatic carbocycles. The lowest BCUT2D eigenvalue weighted by Gasteiger charge is -2.05. The molecule has 0 aliphatic carbocycles. The van der Waals surface area contributed by atoms with E-state index in [4.69, 9.17) is 16.3 Å². The maximum atomic E-state index is 13.2. The molecule has 0 amide bonds. The van der Waals surface area contributed by atoms with E-state index in [2.05, 4.69) is 15.0 Å². The number of hydrogen-bond donors (Lipinski definition) is 0. The van der Waals surface area contributed by atoms with Gasteiger partial charge in [-0.3, -0.25) is 4.98 Å². The van der Waals surface area contributed by atoms with Crippen LogP contribution < -0.4 is 4.74 Å². The van der Waals surface area contributed by atoms with Gasteiger partial charge in [0.1, 0.15) is 0 Å². The van der Waals surface area contributed by atoms with Gasteiger partial charge in [-0.25, -0.2) is 4.98 Å². The normalized spacial score (nSPS) is 10.3. The molecule has 2 rings (SSSR count). The Hall–Kier alpha value is -1.75. The minimum absolute atomic E-state index is 0.0273. The summed E-state index contributed by atoms with van der Waals surface area (Å²) in [5.41, 5.74) is 1.16. The molecule has 0 bridgehead atoms. The van der Waals surface area contributed by atoms with Crippen molar-refractivity contribution in [3.05, 3.63) is 47.4 Å². The lowest BCUT2D eigenvalue weighted by atomic mass is 10.1. The second kappa shape index (κ2) is 6.26. The lowest BCUT2D eigenvalue weighted by Crippen LogP contribution is -2.03. The molecule has 94 valence electrons. The standard InChI is InChI=1S/C12H11ClFN3O/c13-12-16-8-10(14)11(17-12)18-7-1-2-9-3-5-15-6-4-9/h3-6,8H,1-2,7H2. The summed E-state index contributed by atoms with van der Waals surface area (Å²) in [6.07, 6.45) is 6.06. The summed E-state index contributed by atoms with van der Waals surface area (Å²) in [6.45, 7) is 0.368. The van der Waals surface area contributed by atoms with Gasteiger partial charge in [0.25, 0.3) is 5.88 Å². The predicted octanol–water partition coefficient (Wildman–Crippen LogP) is 2.68. The summed E-state index contributed by atoms with van der Waals surface area (Å²) in [4.78, 5) is 11.1. The summed E-state index contributed by atoms with van der Waals surface area (Å²) in [6, 6.07) is 3.87. The van der Waals surface area contributed by atoms with E-state index in [9.17, 15) is 4.39 Å². The van der Waals surface area contributed by atoms with Crippen LogP contribution >= 0.6 is 11.6 Å². The van der Waals surface area contributed by atoms with Gasteiger partial charge in [-0.1, -0.05) is 0 Å². The quantitative estimate of drug-likeness (QED) is 0.617. The molecule has 0 N–H and O–H groups in total. The average Bonchev–Trinajstić information content (AvgIpc) is 2.40. The topological polar surface area (TPSA) is 47.9 Å². The zero-order valence-electron chi connectivity index (χ0n) is 9.51. The number of aromatic nitrogens is 3. The summed E-state index contributed by atoms with van der Waals surface area (Å²) in [5.74, 6) is -0.715. The van der Waals surface area contributed by atoms with E-state index in [1.165, 1.54) is 0 Å². The van der Waals surface area contributed by atoms with E-state index in [-0.39, 0.29) is 11.2 Å². The van der Waals surface area contributed by atoms with Gasteiger partial charge in [-0.05, 0) is 42.1 Å². The van der Waals surface area contributed by atoms with Crippen LogP contribution in [0.15, 0.2) is 30.7 Å². The van der Waals surface area contributed by atoms with Crippen LogP contribution in [0.3, 0.4) is 0 Å². The lowest BCUT2D eigenvalue weighted by molar-refractivity contribution is 0.282. The third kappa shape index (κ3) is 3.63. The molecule has 0 fully saturated rings. The SMILES string of the molecule is Fc1cnc(Cl)nc1OCCCc1ccncc1. The summed E-state index contributed by atoms with van der Waals surface area (Å²) in [5, 5.41) is -0.0273. The van der Waals surface area contributed by atoms with Crippen molar-refractivity contribution in [3.8, 4) is 5.88 Å². The number of rotatable bonds is 5. The molecule has 0 unspecified atom stereocenters. The second-order valence-electron chi connectivity index (χ2n) is 3.60. The van der Waals surface area contributed by atoms with Crippen LogP contribution in [-0.2, 0) is 6.42 Å². The number of ether oxygens (including phenoxy) is 1. The van der Waals surface area contributed by atoms with Gasteiger partial charge in [0, 0.05) is 12.4 Å². The van der Waals surface area contributed by atoms with Crippen LogP contribution in [0.1, 0.15) is 12.0 Å². The Labute approximate surface area is 109 Å². The Kier molecular flexibility index (Phi) is 4.41. The molecule has 0 aliphatic heterocycles. The highest BCUT2D eigenvalue weighted by Gasteiger charge is 2.06. The zero-order valence-corrected chi connectivity index (χ0v) is 10.3. The van der Waals surface area contributed by atoms with E-state index in [0.29, 0.717) is 6.61 Å². The van der Waals surface area contributed by atoms with Crippen molar-refractivity contribution in [2.45, 2.75) is 12.8 Å². The molecule has 0 aliphatic rings. The van der Waals surface area contributed by atoms with Crippen molar-refractivity contribution in [2.24, 2.45) is 0 Å². The van der Waals surface area contributed by atoms with Crippen molar-refractivity contribution >= 4 is 11.6 Å². The van der Waals surface area contributed by atoms with Gasteiger partial charge >= 0.3 is 0 Å². The monoisotopic (exact) mass is 267 g/mol. The smallest absolute Gasteiger partial charge is 0.254 e. The third-order valence-electron chi connectivity index (χ3n) is 2.28. The van der Waals surface area contributed by atoms with E-state index >= 15 is 0 Å². The fourth-order valence-corrected chi connectivity index (χ4v) is 1.55. The Bertz CT molecular complexity index is 510. The van der Waals surface area contributed by atoms with Gasteiger partial charge in [-0.2, -0.15) is 9.37 Å². The van der Waals surface area contributed by atoms with E-state index < -0.39 is 5.82 Å². The number of halogens is 2. The van der Waals surface area contributed by atoms with Crippen LogP contribution in [0.5, 0.6) is 5.88 Å². The number of nitrogens with zero attached hydrogens (tertiary/aromatic N) is 3. The molecular formula is C12H11ClFN3O. The van der Waals surface area contributed by atoms with E-state index in [1.807, 2.05) is 12.1 Å².